The number of rotatable bonds is 11. The molecule has 0 aliphatic heterocycles. The number of aromatic nitrogens is 6. The Bertz CT molecular complexity index is 9420. The lowest BCUT2D eigenvalue weighted by Gasteiger charge is -2.16. The van der Waals surface area contributed by atoms with Gasteiger partial charge >= 0.3 is 0 Å². The van der Waals surface area contributed by atoms with Crippen molar-refractivity contribution in [3.8, 4) is 112 Å². The van der Waals surface area contributed by atoms with Crippen LogP contribution in [0.2, 0.25) is 0 Å². The first-order chi connectivity index (χ1) is 65.3. The van der Waals surface area contributed by atoms with Gasteiger partial charge in [-0.1, -0.05) is 364 Å². The van der Waals surface area contributed by atoms with Crippen LogP contribution in [0.5, 0.6) is 0 Å². The molecular formula is C126H78N6. The number of fused-ring (bicyclic) bond motifs is 16. The molecule has 0 atom stereocenters. The first-order valence-corrected chi connectivity index (χ1v) is 45.2. The molecule has 0 radical (unpaired) electrons. The van der Waals surface area contributed by atoms with Gasteiger partial charge in [-0.3, -0.25) is 0 Å². The van der Waals surface area contributed by atoms with Gasteiger partial charge in [0.15, 0.2) is 11.6 Å². The Hall–Kier alpha value is -17.6. The molecule has 612 valence electrons. The van der Waals surface area contributed by atoms with Crippen molar-refractivity contribution in [3.05, 3.63) is 473 Å². The standard InChI is InChI=1S/C66H41N3.C60H37N3/c1-2-12-42(13-3-1)45-22-26-46(27-23-45)65-60-38-53(51-28-24-43-14-4-6-16-47(43)34-51)31-33-61(60)67-66(68-65)56-36-55-20-10-11-21-57(55)62(41-56)69-63-40-54(52-29-25-44-15-5-7-17-48(44)35-52)30-32-58(63)59-37-49-18-8-9-19-50(49)39-64(59)69;1-2-13-38(14-3-1)45-29-30-54-52(34-45)59(48-28-26-40-16-5-7-18-42(40)32-48)62-60(61-54)49-33-46-21-10-11-22-50(46)56(37-49)63-55-24-12-23-51(47-27-25-39-15-4-6-17-41(39)31-47)58(55)53-35-43-19-8-9-20-44(43)36-57(53)63/h1-41H;1-37H. The van der Waals surface area contributed by atoms with Crippen molar-refractivity contribution in [1.29, 1.82) is 0 Å². The van der Waals surface area contributed by atoms with Crippen LogP contribution in [0.4, 0.5) is 0 Å². The van der Waals surface area contributed by atoms with Crippen LogP contribution >= 0.6 is 0 Å². The molecule has 6 nitrogen and oxygen atoms in total. The van der Waals surface area contributed by atoms with Crippen LogP contribution in [0.15, 0.2) is 473 Å². The molecule has 23 aromatic carbocycles. The third-order valence-electron chi connectivity index (χ3n) is 27.0. The first-order valence-electron chi connectivity index (χ1n) is 45.2. The Morgan fingerprint density at radius 2 is 0.470 bits per heavy atom. The number of hydrogen-bond donors (Lipinski definition) is 0. The highest BCUT2D eigenvalue weighted by molar-refractivity contribution is 6.21. The second kappa shape index (κ2) is 31.2. The molecule has 0 saturated heterocycles. The summed E-state index contributed by atoms with van der Waals surface area (Å²) < 4.78 is 4.96. The van der Waals surface area contributed by atoms with Crippen molar-refractivity contribution >= 4 is 152 Å². The maximum Gasteiger partial charge on any atom is 0.160 e. The van der Waals surface area contributed by atoms with E-state index < -0.39 is 0 Å². The molecule has 4 heterocycles. The Balaban J connectivity index is 0.000000139. The number of nitrogens with zero attached hydrogens (tertiary/aromatic N) is 6. The molecule has 0 aliphatic rings. The minimum Gasteiger partial charge on any atom is -0.309 e. The summed E-state index contributed by atoms with van der Waals surface area (Å²) in [5.74, 6) is 1.37. The Labute approximate surface area is 760 Å². The van der Waals surface area contributed by atoms with E-state index in [1.165, 1.54) is 114 Å². The van der Waals surface area contributed by atoms with E-state index in [1.807, 2.05) is 0 Å². The molecule has 27 rings (SSSR count). The average Bonchev–Trinajstić information content (AvgIpc) is 1.56. The molecule has 0 N–H and O–H groups in total. The van der Waals surface area contributed by atoms with Gasteiger partial charge < -0.3 is 9.13 Å². The maximum atomic E-state index is 5.58. The van der Waals surface area contributed by atoms with E-state index in [9.17, 15) is 0 Å². The van der Waals surface area contributed by atoms with Crippen LogP contribution in [0.25, 0.3) is 264 Å². The molecule has 0 amide bonds. The van der Waals surface area contributed by atoms with Gasteiger partial charge in [0.25, 0.3) is 0 Å². The van der Waals surface area contributed by atoms with E-state index in [2.05, 4.69) is 482 Å². The summed E-state index contributed by atoms with van der Waals surface area (Å²) in [4.78, 5) is 21.9. The van der Waals surface area contributed by atoms with Gasteiger partial charge in [-0.25, -0.2) is 19.9 Å². The van der Waals surface area contributed by atoms with E-state index in [4.69, 9.17) is 19.9 Å². The lowest BCUT2D eigenvalue weighted by molar-refractivity contribution is 1.19. The molecule has 0 fully saturated rings. The molecule has 0 unspecified atom stereocenters. The Morgan fingerprint density at radius 1 is 0.144 bits per heavy atom. The SMILES string of the molecule is c1ccc(-c2ccc(-c3nc(-c4cc(-n5c6cc(-c7ccc8ccccc8c7)ccc6c6cc7ccccc7cc65)c5ccccc5c4)nc4ccc(-c5ccc6ccccc6c5)cc34)cc2)cc1.c1ccc(-c2ccc3nc(-c4cc(-n5c6cc7ccccc7cc6c6c(-c7ccc8ccccc8c7)cccc65)c5ccccc5c4)nc(-c4ccc5ccccc5c4)c3c2)cc1. The molecule has 4 aromatic heterocycles. The molecular weight excluding hydrogens is 1600 g/mol. The van der Waals surface area contributed by atoms with E-state index >= 15 is 0 Å². The third-order valence-corrected chi connectivity index (χ3v) is 27.0. The quantitative estimate of drug-likeness (QED) is 0.129. The highest BCUT2D eigenvalue weighted by atomic mass is 15.0. The van der Waals surface area contributed by atoms with E-state index in [-0.39, 0.29) is 0 Å². The average molecular weight is 1680 g/mol. The van der Waals surface area contributed by atoms with Gasteiger partial charge in [-0.2, -0.15) is 0 Å². The predicted molar refractivity (Wildman–Crippen MR) is 557 cm³/mol. The van der Waals surface area contributed by atoms with E-state index in [1.54, 1.807) is 0 Å². The summed E-state index contributed by atoms with van der Waals surface area (Å²) in [6.07, 6.45) is 0. The zero-order chi connectivity index (χ0) is 86.9. The van der Waals surface area contributed by atoms with Crippen LogP contribution < -0.4 is 0 Å². The van der Waals surface area contributed by atoms with Crippen LogP contribution in [-0.4, -0.2) is 29.1 Å². The molecule has 6 heteroatoms. The summed E-state index contributed by atoms with van der Waals surface area (Å²) in [6.45, 7) is 0. The van der Waals surface area contributed by atoms with Gasteiger partial charge in [0.05, 0.1) is 55.9 Å². The zero-order valence-corrected chi connectivity index (χ0v) is 71.7. The van der Waals surface area contributed by atoms with Crippen LogP contribution in [-0.2, 0) is 0 Å². The van der Waals surface area contributed by atoms with Crippen molar-refractivity contribution in [2.45, 2.75) is 0 Å². The summed E-state index contributed by atoms with van der Waals surface area (Å²) in [5.41, 5.74) is 26.1. The minimum atomic E-state index is 0.679. The van der Waals surface area contributed by atoms with Crippen molar-refractivity contribution in [3.63, 3.8) is 0 Å². The Kier molecular flexibility index (Phi) is 17.9. The fourth-order valence-electron chi connectivity index (χ4n) is 20.4. The Morgan fingerprint density at radius 3 is 0.985 bits per heavy atom. The monoisotopic (exact) mass is 1670 g/mol. The van der Waals surface area contributed by atoms with E-state index in [0.717, 1.165) is 138 Å². The fourth-order valence-corrected chi connectivity index (χ4v) is 20.4. The largest absolute Gasteiger partial charge is 0.309 e. The lowest BCUT2D eigenvalue weighted by Crippen LogP contribution is -1.99. The third kappa shape index (κ3) is 13.2. The molecule has 0 bridgehead atoms. The molecule has 0 spiro atoms. The summed E-state index contributed by atoms with van der Waals surface area (Å²) in [5, 5.41) is 26.1. The normalized spacial score (nSPS) is 11.8. The highest BCUT2D eigenvalue weighted by Gasteiger charge is 2.25. The van der Waals surface area contributed by atoms with Crippen LogP contribution in [0.1, 0.15) is 0 Å². The highest BCUT2D eigenvalue weighted by Crippen LogP contribution is 2.47. The molecule has 0 aliphatic carbocycles. The first kappa shape index (κ1) is 75.7. The van der Waals surface area contributed by atoms with Crippen molar-refractivity contribution in [2.24, 2.45) is 0 Å². The lowest BCUT2D eigenvalue weighted by atomic mass is 9.96. The predicted octanol–water partition coefficient (Wildman–Crippen LogP) is 33.7. The maximum absolute atomic E-state index is 5.58. The molecule has 27 aromatic rings. The smallest absolute Gasteiger partial charge is 0.160 e. The summed E-state index contributed by atoms with van der Waals surface area (Å²) in [6, 6.07) is 172. The van der Waals surface area contributed by atoms with E-state index in [0.29, 0.717) is 11.6 Å². The zero-order valence-electron chi connectivity index (χ0n) is 71.7. The van der Waals surface area contributed by atoms with Gasteiger partial charge in [-0.05, 0) is 240 Å². The summed E-state index contributed by atoms with van der Waals surface area (Å²) in [7, 11) is 0. The van der Waals surface area contributed by atoms with Crippen LogP contribution in [0, 0.1) is 0 Å². The fraction of sp³-hybridized carbons (Fsp3) is 0. The van der Waals surface area contributed by atoms with Gasteiger partial charge in [0, 0.05) is 65.3 Å². The van der Waals surface area contributed by atoms with Crippen LogP contribution in [0.3, 0.4) is 0 Å². The van der Waals surface area contributed by atoms with Gasteiger partial charge in [0.2, 0.25) is 0 Å². The van der Waals surface area contributed by atoms with Gasteiger partial charge in [0.1, 0.15) is 0 Å². The topological polar surface area (TPSA) is 61.4 Å². The minimum absolute atomic E-state index is 0.679. The molecule has 0 saturated carbocycles. The van der Waals surface area contributed by atoms with Crippen molar-refractivity contribution in [1.82, 2.24) is 29.1 Å². The van der Waals surface area contributed by atoms with Crippen molar-refractivity contribution in [2.75, 3.05) is 0 Å². The second-order valence-electron chi connectivity index (χ2n) is 34.8. The summed E-state index contributed by atoms with van der Waals surface area (Å²) >= 11 is 0. The van der Waals surface area contributed by atoms with Gasteiger partial charge in [-0.15, -0.1) is 0 Å². The number of benzene rings is 23. The number of hydrogen-bond acceptors (Lipinski definition) is 4. The molecule has 132 heavy (non-hydrogen) atoms. The van der Waals surface area contributed by atoms with Crippen molar-refractivity contribution < 1.29 is 0 Å². The second-order valence-corrected chi connectivity index (χ2v) is 34.8.